The minimum atomic E-state index is -2.37. The number of ether oxygens (including phenoxy) is 2. The molecule has 0 saturated carbocycles. The molecule has 1 saturated heterocycles. The van der Waals surface area contributed by atoms with E-state index in [1.165, 1.54) is 55.5 Å². The second kappa shape index (κ2) is 10.6. The monoisotopic (exact) mass is 441 g/mol. The van der Waals surface area contributed by atoms with Gasteiger partial charge in [-0.1, -0.05) is 0 Å². The molecule has 1 aromatic heterocycles. The third kappa shape index (κ3) is 5.62. The summed E-state index contributed by atoms with van der Waals surface area (Å²) in [5, 5.41) is 0. The third-order valence-electron chi connectivity index (χ3n) is 5.22. The Balaban J connectivity index is 2.14. The van der Waals surface area contributed by atoms with Gasteiger partial charge in [0.1, 0.15) is 0 Å². The molecule has 0 unspecified atom stereocenters. The van der Waals surface area contributed by atoms with Crippen molar-refractivity contribution in [2.45, 2.75) is 78.7 Å². The fourth-order valence-corrected chi connectivity index (χ4v) is 18.9. The second-order valence-electron chi connectivity index (χ2n) is 7.25. The molecule has 3 nitrogen and oxygen atoms in total. The number of aromatic nitrogens is 1. The van der Waals surface area contributed by atoms with Crippen molar-refractivity contribution in [2.75, 3.05) is 13.2 Å². The maximum absolute atomic E-state index is 5.90. The Morgan fingerprint density at radius 1 is 1.00 bits per heavy atom. The number of hydrogen-bond acceptors (Lipinski definition) is 3. The summed E-state index contributed by atoms with van der Waals surface area (Å²) >= 11 is -2.37. The molecule has 0 bridgehead atoms. The van der Waals surface area contributed by atoms with Gasteiger partial charge in [-0.3, -0.25) is 0 Å². The quantitative estimate of drug-likeness (QED) is 0.433. The molecular weight excluding hydrogens is 405 g/mol. The van der Waals surface area contributed by atoms with Gasteiger partial charge in [0.25, 0.3) is 0 Å². The van der Waals surface area contributed by atoms with Crippen LogP contribution in [0.3, 0.4) is 0 Å². The molecule has 136 valence electrons. The van der Waals surface area contributed by atoms with Gasteiger partial charge >= 0.3 is 153 Å². The van der Waals surface area contributed by atoms with Gasteiger partial charge in [-0.15, -0.1) is 0 Å². The molecule has 2 heterocycles. The van der Waals surface area contributed by atoms with E-state index < -0.39 is 18.4 Å². The van der Waals surface area contributed by atoms with E-state index in [2.05, 4.69) is 32.9 Å². The summed E-state index contributed by atoms with van der Waals surface area (Å²) in [7, 11) is 0. The van der Waals surface area contributed by atoms with Crippen molar-refractivity contribution >= 4 is 22.1 Å². The Labute approximate surface area is 152 Å². The zero-order chi connectivity index (χ0) is 17.3. The van der Waals surface area contributed by atoms with E-state index in [-0.39, 0.29) is 6.10 Å². The van der Waals surface area contributed by atoms with Gasteiger partial charge in [-0.25, -0.2) is 0 Å². The molecule has 1 aliphatic heterocycles. The van der Waals surface area contributed by atoms with Crippen LogP contribution in [0.5, 0.6) is 5.75 Å². The molecule has 1 fully saturated rings. The van der Waals surface area contributed by atoms with Gasteiger partial charge in [0, 0.05) is 0 Å². The number of hydrogen-bond donors (Lipinski definition) is 0. The first kappa shape index (κ1) is 20.0. The van der Waals surface area contributed by atoms with E-state index in [0.717, 1.165) is 5.75 Å². The summed E-state index contributed by atoms with van der Waals surface area (Å²) in [6.45, 7) is 8.40. The van der Waals surface area contributed by atoms with Crippen molar-refractivity contribution in [1.29, 1.82) is 0 Å². The summed E-state index contributed by atoms with van der Waals surface area (Å²) in [6, 6.07) is 4.47. The zero-order valence-corrected chi connectivity index (χ0v) is 18.7. The summed E-state index contributed by atoms with van der Waals surface area (Å²) in [4.78, 5) is 4.95. The third-order valence-corrected chi connectivity index (χ3v) is 20.4. The van der Waals surface area contributed by atoms with Crippen LogP contribution in [0.1, 0.15) is 59.3 Å². The van der Waals surface area contributed by atoms with E-state index in [4.69, 9.17) is 14.5 Å². The van der Waals surface area contributed by atoms with Crippen LogP contribution in [0.4, 0.5) is 0 Å². The predicted molar refractivity (Wildman–Crippen MR) is 104 cm³/mol. The fourth-order valence-electron chi connectivity index (χ4n) is 3.54. The van der Waals surface area contributed by atoms with Crippen LogP contribution < -0.4 is 8.45 Å². The molecule has 2 rings (SSSR count). The Bertz CT molecular complexity index is 437. The molecule has 0 aliphatic carbocycles. The first-order chi connectivity index (χ1) is 11.7. The topological polar surface area (TPSA) is 31.4 Å². The molecule has 0 spiro atoms. The van der Waals surface area contributed by atoms with E-state index >= 15 is 0 Å². The number of rotatable bonds is 12. The molecule has 0 aromatic carbocycles. The Morgan fingerprint density at radius 2 is 1.58 bits per heavy atom. The molecule has 0 radical (unpaired) electrons. The van der Waals surface area contributed by atoms with Crippen LogP contribution in [-0.2, 0) is 4.74 Å². The molecule has 0 N–H and O–H groups in total. The van der Waals surface area contributed by atoms with Crippen molar-refractivity contribution in [2.24, 2.45) is 0 Å². The number of pyridine rings is 1. The molecular formula is C20H35NO2Sn. The molecule has 24 heavy (non-hydrogen) atoms. The van der Waals surface area contributed by atoms with Crippen molar-refractivity contribution in [1.82, 2.24) is 4.98 Å². The summed E-state index contributed by atoms with van der Waals surface area (Å²) in [5.41, 5.74) is 0. The van der Waals surface area contributed by atoms with Crippen LogP contribution in [0.15, 0.2) is 18.3 Å². The molecule has 0 atom stereocenters. The van der Waals surface area contributed by atoms with Crippen LogP contribution in [0.25, 0.3) is 0 Å². The van der Waals surface area contributed by atoms with E-state index in [1.807, 2.05) is 6.20 Å². The fraction of sp³-hybridized carbons (Fsp3) is 0.750. The van der Waals surface area contributed by atoms with Gasteiger partial charge in [-0.2, -0.15) is 0 Å². The Kier molecular flexibility index (Phi) is 8.88. The second-order valence-corrected chi connectivity index (χ2v) is 20.3. The molecule has 4 heteroatoms. The molecule has 1 aromatic rings. The Hall–Kier alpha value is -0.291. The van der Waals surface area contributed by atoms with Gasteiger partial charge in [-0.05, 0) is 0 Å². The summed E-state index contributed by atoms with van der Waals surface area (Å²) in [5.74, 6) is 0.911. The van der Waals surface area contributed by atoms with Crippen LogP contribution in [-0.4, -0.2) is 42.7 Å². The number of nitrogens with zero attached hydrogens (tertiary/aromatic N) is 1. The van der Waals surface area contributed by atoms with Crippen LogP contribution in [0.2, 0.25) is 13.3 Å². The molecule has 0 amide bonds. The first-order valence-electron chi connectivity index (χ1n) is 9.95. The van der Waals surface area contributed by atoms with Gasteiger partial charge in [0.15, 0.2) is 0 Å². The first-order valence-corrected chi connectivity index (χ1v) is 17.4. The normalized spacial score (nSPS) is 15.3. The van der Waals surface area contributed by atoms with Gasteiger partial charge < -0.3 is 0 Å². The van der Waals surface area contributed by atoms with Crippen LogP contribution >= 0.6 is 0 Å². The average molecular weight is 440 g/mol. The van der Waals surface area contributed by atoms with E-state index in [9.17, 15) is 0 Å². The van der Waals surface area contributed by atoms with Gasteiger partial charge in [0.05, 0.1) is 0 Å². The standard InChI is InChI=1S/C8H8NO2.3C4H9.Sn/c1-2-7(4-9-3-1)11-8-5-10-6-8;3*1-3-4-2;/h1-2,4,8H,5-6H2;3*1,3-4H2,2H3;. The summed E-state index contributed by atoms with van der Waals surface area (Å²) < 4.78 is 17.0. The predicted octanol–water partition coefficient (Wildman–Crippen LogP) is 4.92. The van der Waals surface area contributed by atoms with Gasteiger partial charge in [0.2, 0.25) is 0 Å². The zero-order valence-electron chi connectivity index (χ0n) is 15.9. The van der Waals surface area contributed by atoms with E-state index in [0.29, 0.717) is 13.2 Å². The average Bonchev–Trinajstić information content (AvgIpc) is 2.58. The minimum absolute atomic E-state index is 0.228. The van der Waals surface area contributed by atoms with E-state index in [1.54, 1.807) is 0 Å². The van der Waals surface area contributed by atoms with Crippen molar-refractivity contribution in [3.8, 4) is 5.75 Å². The van der Waals surface area contributed by atoms with Crippen LogP contribution in [0, 0.1) is 0 Å². The Morgan fingerprint density at radius 3 is 1.96 bits per heavy atom. The maximum atomic E-state index is 5.90. The SMILES string of the molecule is CCC[CH2][Sn]([CH2]CCC)([CH2]CCC)[c]1ccc(OC2COC2)cn1. The van der Waals surface area contributed by atoms with Crippen molar-refractivity contribution in [3.63, 3.8) is 0 Å². The van der Waals surface area contributed by atoms with Crippen molar-refractivity contribution < 1.29 is 9.47 Å². The summed E-state index contributed by atoms with van der Waals surface area (Å²) in [6.07, 6.45) is 10.3. The number of unbranched alkanes of at least 4 members (excludes halogenated alkanes) is 3. The molecule has 1 aliphatic rings. The van der Waals surface area contributed by atoms with Crippen molar-refractivity contribution in [3.05, 3.63) is 18.3 Å².